The number of aromatic amines is 1. The van der Waals surface area contributed by atoms with Gasteiger partial charge in [0.1, 0.15) is 0 Å². The first-order valence-corrected chi connectivity index (χ1v) is 13.0. The van der Waals surface area contributed by atoms with Crippen molar-refractivity contribution in [2.45, 2.75) is 36.1 Å². The largest absolute Gasteiger partial charge is 0.367 e. The molecule has 0 radical (unpaired) electrons. The van der Waals surface area contributed by atoms with Crippen molar-refractivity contribution < 1.29 is 4.79 Å². The summed E-state index contributed by atoms with van der Waals surface area (Å²) in [6.45, 7) is 7.27. The average molecular weight is 485 g/mol. The van der Waals surface area contributed by atoms with Gasteiger partial charge in [0.2, 0.25) is 5.91 Å². The van der Waals surface area contributed by atoms with Crippen molar-refractivity contribution in [3.8, 4) is 0 Å². The Morgan fingerprint density at radius 2 is 1.71 bits per heavy atom. The quantitative estimate of drug-likeness (QED) is 0.397. The molecule has 1 atom stereocenters. The van der Waals surface area contributed by atoms with Crippen molar-refractivity contribution in [2.75, 3.05) is 31.1 Å². The third-order valence-electron chi connectivity index (χ3n) is 6.78. The van der Waals surface area contributed by atoms with Gasteiger partial charge in [-0.25, -0.2) is 0 Å². The van der Waals surface area contributed by atoms with Crippen LogP contribution in [0, 0.1) is 13.8 Å². The van der Waals surface area contributed by atoms with Crippen LogP contribution < -0.4 is 10.6 Å². The van der Waals surface area contributed by atoms with Gasteiger partial charge in [-0.2, -0.15) is 0 Å². The third-order valence-corrected chi connectivity index (χ3v) is 8.02. The van der Waals surface area contributed by atoms with Crippen LogP contribution in [0.4, 0.5) is 5.69 Å². The molecule has 4 aromatic rings. The maximum atomic E-state index is 13.1. The molecule has 0 aliphatic carbocycles. The van der Waals surface area contributed by atoms with Crippen LogP contribution in [0.15, 0.2) is 82.7 Å². The number of carbonyl (C=O) groups excluding carboxylic acids is 1. The van der Waals surface area contributed by atoms with E-state index in [1.165, 1.54) is 26.6 Å². The molecule has 0 saturated carbocycles. The monoisotopic (exact) mass is 484 g/mol. The van der Waals surface area contributed by atoms with Crippen molar-refractivity contribution >= 4 is 34.3 Å². The number of nitrogens with one attached hydrogen (secondary N) is 1. The molecule has 2 heterocycles. The molecule has 1 saturated heterocycles. The summed E-state index contributed by atoms with van der Waals surface area (Å²) < 4.78 is 0. The highest BCUT2D eigenvalue weighted by atomic mass is 32.2. The number of nitrogens with two attached hydrogens (primary N) is 1. The molecule has 1 aromatic heterocycles. The average Bonchev–Trinajstić information content (AvgIpc) is 3.28. The minimum absolute atomic E-state index is 0.0351. The molecule has 0 spiro atoms. The highest BCUT2D eigenvalue weighted by Gasteiger charge is 2.27. The molecule has 1 aliphatic heterocycles. The van der Waals surface area contributed by atoms with E-state index in [4.69, 9.17) is 5.73 Å². The lowest BCUT2D eigenvalue weighted by Crippen LogP contribution is -2.53. The summed E-state index contributed by atoms with van der Waals surface area (Å²) in [5.41, 5.74) is 12.4. The lowest BCUT2D eigenvalue weighted by molar-refractivity contribution is -0.132. The summed E-state index contributed by atoms with van der Waals surface area (Å²) in [4.78, 5) is 23.3. The van der Waals surface area contributed by atoms with Crippen LogP contribution in [0.25, 0.3) is 10.9 Å². The summed E-state index contributed by atoms with van der Waals surface area (Å²) >= 11 is 1.81. The Morgan fingerprint density at radius 3 is 2.51 bits per heavy atom. The number of amides is 1. The number of aryl methyl sites for hydroxylation is 2. The maximum absolute atomic E-state index is 13.1. The van der Waals surface area contributed by atoms with Gasteiger partial charge in [-0.3, -0.25) is 4.79 Å². The molecule has 1 aliphatic rings. The number of piperazine rings is 1. The Hall–Kier alpha value is -3.22. The zero-order valence-corrected chi connectivity index (χ0v) is 21.1. The third kappa shape index (κ3) is 5.09. The number of nitrogens with zero attached hydrogens (tertiary/aromatic N) is 2. The van der Waals surface area contributed by atoms with Crippen LogP contribution >= 0.6 is 11.8 Å². The molecular weight excluding hydrogens is 452 g/mol. The minimum atomic E-state index is -0.534. The second-order valence-electron chi connectivity index (χ2n) is 9.32. The van der Waals surface area contributed by atoms with E-state index in [1.807, 2.05) is 41.1 Å². The summed E-state index contributed by atoms with van der Waals surface area (Å²) in [7, 11) is 0. The summed E-state index contributed by atoms with van der Waals surface area (Å²) in [5, 5.41) is 1.14. The fourth-order valence-electron chi connectivity index (χ4n) is 4.86. The van der Waals surface area contributed by atoms with Gasteiger partial charge in [-0.15, -0.1) is 0 Å². The number of anilines is 1. The van der Waals surface area contributed by atoms with Gasteiger partial charge in [0.15, 0.2) is 0 Å². The zero-order chi connectivity index (χ0) is 24.4. The molecule has 5 nitrogen and oxygen atoms in total. The van der Waals surface area contributed by atoms with Crippen LogP contribution in [-0.4, -0.2) is 48.0 Å². The molecule has 6 heteroatoms. The molecule has 35 heavy (non-hydrogen) atoms. The van der Waals surface area contributed by atoms with Crippen LogP contribution in [0.3, 0.4) is 0 Å². The molecule has 1 amide bonds. The molecule has 0 bridgehead atoms. The number of carbonyl (C=O) groups is 1. The van der Waals surface area contributed by atoms with E-state index in [9.17, 15) is 4.79 Å². The van der Waals surface area contributed by atoms with Gasteiger partial charge in [0.05, 0.1) is 11.7 Å². The van der Waals surface area contributed by atoms with Crippen molar-refractivity contribution in [1.82, 2.24) is 9.88 Å². The van der Waals surface area contributed by atoms with Gasteiger partial charge in [-0.05, 0) is 55.7 Å². The predicted molar refractivity (Wildman–Crippen MR) is 145 cm³/mol. The van der Waals surface area contributed by atoms with E-state index < -0.39 is 6.04 Å². The zero-order valence-electron chi connectivity index (χ0n) is 20.3. The molecule has 1 fully saturated rings. The highest BCUT2D eigenvalue weighted by Crippen LogP contribution is 2.37. The van der Waals surface area contributed by atoms with Crippen molar-refractivity contribution in [1.29, 1.82) is 0 Å². The Balaban J connectivity index is 1.23. The van der Waals surface area contributed by atoms with Gasteiger partial charge in [0.25, 0.3) is 0 Å². The van der Waals surface area contributed by atoms with Crippen LogP contribution in [-0.2, 0) is 11.2 Å². The van der Waals surface area contributed by atoms with E-state index in [-0.39, 0.29) is 5.91 Å². The second-order valence-corrected chi connectivity index (χ2v) is 10.4. The number of H-pyrrole nitrogens is 1. The Labute approximate surface area is 211 Å². The van der Waals surface area contributed by atoms with Crippen molar-refractivity contribution in [3.63, 3.8) is 0 Å². The fourth-order valence-corrected chi connectivity index (χ4v) is 5.91. The lowest BCUT2D eigenvalue weighted by atomic mass is 10.0. The number of hydrogen-bond acceptors (Lipinski definition) is 4. The van der Waals surface area contributed by atoms with Crippen LogP contribution in [0.1, 0.15) is 16.7 Å². The first-order valence-electron chi connectivity index (χ1n) is 12.2. The Morgan fingerprint density at radius 1 is 0.971 bits per heavy atom. The number of hydrogen-bond donors (Lipinski definition) is 2. The molecule has 3 aromatic carbocycles. The number of aromatic nitrogens is 1. The maximum Gasteiger partial charge on any atom is 0.239 e. The van der Waals surface area contributed by atoms with Gasteiger partial charge in [0, 0.05) is 53.1 Å². The van der Waals surface area contributed by atoms with Crippen LogP contribution in [0.2, 0.25) is 0 Å². The summed E-state index contributed by atoms with van der Waals surface area (Å²) in [6, 6.07) is 22.8. The second kappa shape index (κ2) is 10.2. The molecule has 0 unspecified atom stereocenters. The Kier molecular flexibility index (Phi) is 6.84. The highest BCUT2D eigenvalue weighted by molar-refractivity contribution is 7.99. The number of fused-ring (bicyclic) bond motifs is 1. The summed E-state index contributed by atoms with van der Waals surface area (Å²) in [6.07, 6.45) is 2.51. The molecule has 180 valence electrons. The van der Waals surface area contributed by atoms with Gasteiger partial charge in [-0.1, -0.05) is 59.8 Å². The Bertz CT molecular complexity index is 1340. The van der Waals surface area contributed by atoms with Crippen molar-refractivity contribution in [2.24, 2.45) is 5.73 Å². The van der Waals surface area contributed by atoms with Crippen LogP contribution in [0.5, 0.6) is 0 Å². The van der Waals surface area contributed by atoms with Gasteiger partial charge >= 0.3 is 0 Å². The normalized spacial score (nSPS) is 14.9. The number of rotatable bonds is 6. The molecule has 3 N–H and O–H groups in total. The van der Waals surface area contributed by atoms with Crippen molar-refractivity contribution in [3.05, 3.63) is 89.6 Å². The number of para-hydroxylation sites is 2. The predicted octanol–water partition coefficient (Wildman–Crippen LogP) is 5.15. The van der Waals surface area contributed by atoms with E-state index in [2.05, 4.69) is 72.3 Å². The molecule has 5 rings (SSSR count). The van der Waals surface area contributed by atoms with E-state index in [1.54, 1.807) is 0 Å². The lowest BCUT2D eigenvalue weighted by Gasteiger charge is -2.37. The topological polar surface area (TPSA) is 65.4 Å². The SMILES string of the molecule is Cc1ccc(Sc2ccccc2N2CCN(C(=O)[C@@H](N)Cc3c[nH]c4ccccc34)CC2)c(C)c1. The first-order chi connectivity index (χ1) is 17.0. The molecular formula is C29H32N4OS. The smallest absolute Gasteiger partial charge is 0.239 e. The van der Waals surface area contributed by atoms with E-state index in [0.717, 1.165) is 29.6 Å². The standard InChI is InChI=1S/C29H32N4OS/c1-20-11-12-27(21(2)17-20)35-28-10-6-5-9-26(28)32-13-15-33(16-14-32)29(34)24(30)18-22-19-31-25-8-4-3-7-23(22)25/h3-12,17,19,24,31H,13-16,18,30H2,1-2H3/t24-/m0/s1. The minimum Gasteiger partial charge on any atom is -0.367 e. The number of benzene rings is 3. The summed E-state index contributed by atoms with van der Waals surface area (Å²) in [5.74, 6) is 0.0351. The first kappa shape index (κ1) is 23.5. The van der Waals surface area contributed by atoms with E-state index >= 15 is 0 Å². The van der Waals surface area contributed by atoms with E-state index in [0.29, 0.717) is 19.5 Å². The van der Waals surface area contributed by atoms with Gasteiger partial charge < -0.3 is 20.5 Å². The fraction of sp³-hybridized carbons (Fsp3) is 0.276.